The SMILES string of the molecule is O=C(CCN1C(=O)COc2ccccc21)Nc1nc(-c2ccc(Br)cc2)cs1. The first-order chi connectivity index (χ1) is 13.6. The Labute approximate surface area is 174 Å². The number of thiazole rings is 1. The summed E-state index contributed by atoms with van der Waals surface area (Å²) in [6.45, 7) is 0.275. The fourth-order valence-electron chi connectivity index (χ4n) is 2.88. The number of nitrogens with one attached hydrogen (secondary N) is 1. The lowest BCUT2D eigenvalue weighted by atomic mass is 10.2. The van der Waals surface area contributed by atoms with E-state index in [0.717, 1.165) is 15.7 Å². The summed E-state index contributed by atoms with van der Waals surface area (Å²) in [7, 11) is 0. The number of aromatic nitrogens is 1. The lowest BCUT2D eigenvalue weighted by molar-refractivity contribution is -0.121. The molecule has 8 heteroatoms. The van der Waals surface area contributed by atoms with Gasteiger partial charge in [-0.15, -0.1) is 11.3 Å². The molecule has 0 saturated heterocycles. The third kappa shape index (κ3) is 4.07. The Morgan fingerprint density at radius 1 is 1.21 bits per heavy atom. The number of carbonyl (C=O) groups is 2. The Kier molecular flexibility index (Phi) is 5.40. The molecule has 0 aliphatic carbocycles. The molecule has 4 rings (SSSR count). The number of fused-ring (bicyclic) bond motifs is 1. The number of hydrogen-bond acceptors (Lipinski definition) is 5. The summed E-state index contributed by atoms with van der Waals surface area (Å²) in [5.41, 5.74) is 2.49. The molecule has 1 aliphatic rings. The van der Waals surface area contributed by atoms with E-state index in [9.17, 15) is 9.59 Å². The molecule has 2 heterocycles. The predicted octanol–water partition coefficient (Wildman–Crippen LogP) is 4.33. The molecule has 0 atom stereocenters. The van der Waals surface area contributed by atoms with E-state index >= 15 is 0 Å². The summed E-state index contributed by atoms with van der Waals surface area (Å²) >= 11 is 4.78. The van der Waals surface area contributed by atoms with Crippen LogP contribution >= 0.6 is 27.3 Å². The van der Waals surface area contributed by atoms with Crippen LogP contribution in [0.5, 0.6) is 5.75 Å². The van der Waals surface area contributed by atoms with Crippen molar-refractivity contribution in [2.75, 3.05) is 23.4 Å². The molecule has 3 aromatic rings. The minimum Gasteiger partial charge on any atom is -0.482 e. The van der Waals surface area contributed by atoms with E-state index in [2.05, 4.69) is 26.2 Å². The number of halogens is 1. The summed E-state index contributed by atoms with van der Waals surface area (Å²) in [6.07, 6.45) is 0.174. The average Bonchev–Trinajstić information content (AvgIpc) is 3.16. The van der Waals surface area contributed by atoms with Gasteiger partial charge in [0.2, 0.25) is 5.91 Å². The van der Waals surface area contributed by atoms with Crippen molar-refractivity contribution in [1.29, 1.82) is 0 Å². The second-order valence-corrected chi connectivity index (χ2v) is 7.92. The predicted molar refractivity (Wildman–Crippen MR) is 113 cm³/mol. The van der Waals surface area contributed by atoms with Crippen LogP contribution in [0.2, 0.25) is 0 Å². The number of hydrogen-bond donors (Lipinski definition) is 1. The fraction of sp³-hybridized carbons (Fsp3) is 0.150. The van der Waals surface area contributed by atoms with Gasteiger partial charge in [0.15, 0.2) is 11.7 Å². The maximum Gasteiger partial charge on any atom is 0.265 e. The molecule has 2 aromatic carbocycles. The second-order valence-electron chi connectivity index (χ2n) is 6.14. The van der Waals surface area contributed by atoms with Gasteiger partial charge in [0.25, 0.3) is 5.91 Å². The first-order valence-corrected chi connectivity index (χ1v) is 10.3. The highest BCUT2D eigenvalue weighted by atomic mass is 79.9. The minimum absolute atomic E-state index is 0.0122. The van der Waals surface area contributed by atoms with Crippen molar-refractivity contribution in [3.8, 4) is 17.0 Å². The Hall–Kier alpha value is -2.71. The van der Waals surface area contributed by atoms with Gasteiger partial charge in [0, 0.05) is 28.4 Å². The molecule has 0 bridgehead atoms. The fourth-order valence-corrected chi connectivity index (χ4v) is 3.88. The Morgan fingerprint density at radius 3 is 2.82 bits per heavy atom. The van der Waals surface area contributed by atoms with Crippen molar-refractivity contribution in [3.05, 3.63) is 58.4 Å². The standard InChI is InChI=1S/C20H16BrN3O3S/c21-14-7-5-13(6-8-14)15-12-28-20(22-15)23-18(25)9-10-24-16-3-1-2-4-17(16)27-11-19(24)26/h1-8,12H,9-11H2,(H,22,23,25). The van der Waals surface area contributed by atoms with Gasteiger partial charge in [-0.1, -0.05) is 40.2 Å². The van der Waals surface area contributed by atoms with Crippen LogP contribution in [0.1, 0.15) is 6.42 Å². The van der Waals surface area contributed by atoms with E-state index in [1.165, 1.54) is 11.3 Å². The molecule has 6 nitrogen and oxygen atoms in total. The Balaban J connectivity index is 1.38. The molecule has 1 N–H and O–H groups in total. The summed E-state index contributed by atoms with van der Waals surface area (Å²) in [5, 5.41) is 5.25. The monoisotopic (exact) mass is 457 g/mol. The number of benzene rings is 2. The highest BCUT2D eigenvalue weighted by Gasteiger charge is 2.25. The van der Waals surface area contributed by atoms with E-state index in [-0.39, 0.29) is 31.4 Å². The van der Waals surface area contributed by atoms with Gasteiger partial charge in [-0.25, -0.2) is 4.98 Å². The van der Waals surface area contributed by atoms with Crippen LogP contribution in [0.4, 0.5) is 10.8 Å². The van der Waals surface area contributed by atoms with Crippen LogP contribution in [0.15, 0.2) is 58.4 Å². The number of ether oxygens (including phenoxy) is 1. The maximum atomic E-state index is 12.3. The van der Waals surface area contributed by atoms with Crippen LogP contribution in [0, 0.1) is 0 Å². The van der Waals surface area contributed by atoms with Gasteiger partial charge in [0.1, 0.15) is 5.75 Å². The normalized spacial score (nSPS) is 13.0. The van der Waals surface area contributed by atoms with Crippen molar-refractivity contribution in [2.45, 2.75) is 6.42 Å². The smallest absolute Gasteiger partial charge is 0.265 e. The Bertz CT molecular complexity index is 1020. The zero-order valence-corrected chi connectivity index (χ0v) is 17.1. The first-order valence-electron chi connectivity index (χ1n) is 8.64. The van der Waals surface area contributed by atoms with Crippen LogP contribution in [-0.4, -0.2) is 29.9 Å². The van der Waals surface area contributed by atoms with E-state index in [0.29, 0.717) is 16.6 Å². The molecule has 1 aliphatic heterocycles. The van der Waals surface area contributed by atoms with Gasteiger partial charge >= 0.3 is 0 Å². The highest BCUT2D eigenvalue weighted by Crippen LogP contribution is 2.31. The summed E-state index contributed by atoms with van der Waals surface area (Å²) < 4.78 is 6.42. The first kappa shape index (κ1) is 18.6. The van der Waals surface area contributed by atoms with E-state index in [1.807, 2.05) is 53.9 Å². The molecule has 0 spiro atoms. The zero-order valence-electron chi connectivity index (χ0n) is 14.7. The number of rotatable bonds is 5. The van der Waals surface area contributed by atoms with Crippen LogP contribution in [0.25, 0.3) is 11.3 Å². The van der Waals surface area contributed by atoms with Crippen LogP contribution in [0.3, 0.4) is 0 Å². The minimum atomic E-state index is -0.187. The third-order valence-corrected chi connectivity index (χ3v) is 5.55. The lowest BCUT2D eigenvalue weighted by Crippen LogP contribution is -2.40. The number of anilines is 2. The Morgan fingerprint density at radius 2 is 2.00 bits per heavy atom. The lowest BCUT2D eigenvalue weighted by Gasteiger charge is -2.29. The van der Waals surface area contributed by atoms with Gasteiger partial charge in [0.05, 0.1) is 11.4 Å². The van der Waals surface area contributed by atoms with Gasteiger partial charge < -0.3 is 15.0 Å². The van der Waals surface area contributed by atoms with E-state index in [4.69, 9.17) is 4.74 Å². The van der Waals surface area contributed by atoms with Crippen molar-refractivity contribution in [1.82, 2.24) is 4.98 Å². The number of amides is 2. The van der Waals surface area contributed by atoms with Crippen molar-refractivity contribution >= 4 is 49.9 Å². The molecule has 0 saturated carbocycles. The quantitative estimate of drug-likeness (QED) is 0.618. The highest BCUT2D eigenvalue weighted by molar-refractivity contribution is 9.10. The summed E-state index contributed by atoms with van der Waals surface area (Å²) in [5.74, 6) is 0.313. The number of para-hydroxylation sites is 2. The summed E-state index contributed by atoms with van der Waals surface area (Å²) in [4.78, 5) is 30.6. The topological polar surface area (TPSA) is 71.5 Å². The molecule has 142 valence electrons. The largest absolute Gasteiger partial charge is 0.482 e. The van der Waals surface area contributed by atoms with Crippen molar-refractivity contribution < 1.29 is 14.3 Å². The molecule has 0 radical (unpaired) electrons. The van der Waals surface area contributed by atoms with Crippen molar-refractivity contribution in [3.63, 3.8) is 0 Å². The van der Waals surface area contributed by atoms with Gasteiger partial charge in [-0.05, 0) is 24.3 Å². The molecule has 1 aromatic heterocycles. The number of nitrogens with zero attached hydrogens (tertiary/aromatic N) is 2. The molecule has 0 fully saturated rings. The van der Waals surface area contributed by atoms with Crippen LogP contribution in [-0.2, 0) is 9.59 Å². The summed E-state index contributed by atoms with van der Waals surface area (Å²) in [6, 6.07) is 15.1. The van der Waals surface area contributed by atoms with Crippen LogP contribution < -0.4 is 15.0 Å². The molecular weight excluding hydrogens is 442 g/mol. The van der Waals surface area contributed by atoms with Crippen molar-refractivity contribution in [2.24, 2.45) is 0 Å². The molecular formula is C20H16BrN3O3S. The van der Waals surface area contributed by atoms with E-state index in [1.54, 1.807) is 4.90 Å². The second kappa shape index (κ2) is 8.12. The molecule has 0 unspecified atom stereocenters. The van der Waals surface area contributed by atoms with Gasteiger partial charge in [-0.2, -0.15) is 0 Å². The molecule has 28 heavy (non-hydrogen) atoms. The average molecular weight is 458 g/mol. The molecule has 2 amide bonds. The van der Waals surface area contributed by atoms with Gasteiger partial charge in [-0.3, -0.25) is 9.59 Å². The van der Waals surface area contributed by atoms with E-state index < -0.39 is 0 Å². The zero-order chi connectivity index (χ0) is 19.5. The third-order valence-electron chi connectivity index (χ3n) is 4.26. The maximum absolute atomic E-state index is 12.3. The number of carbonyl (C=O) groups excluding carboxylic acids is 2.